The highest BCUT2D eigenvalue weighted by atomic mass is 35.5. The molecule has 2 N–H and O–H groups in total. The van der Waals surface area contributed by atoms with E-state index in [0.29, 0.717) is 10.7 Å². The van der Waals surface area contributed by atoms with Crippen LogP contribution in [0.4, 0.5) is 5.69 Å². The maximum absolute atomic E-state index is 12.6. The van der Waals surface area contributed by atoms with Crippen LogP contribution in [-0.4, -0.2) is 19.9 Å². The molecule has 1 amide bonds. The lowest BCUT2D eigenvalue weighted by atomic mass is 10.1. The number of amides is 1. The van der Waals surface area contributed by atoms with E-state index in [2.05, 4.69) is 10.0 Å². The molecule has 0 unspecified atom stereocenters. The molecule has 26 heavy (non-hydrogen) atoms. The van der Waals surface area contributed by atoms with E-state index in [0.717, 1.165) is 5.56 Å². The zero-order valence-corrected chi connectivity index (χ0v) is 17.2. The van der Waals surface area contributed by atoms with Gasteiger partial charge in [-0.2, -0.15) is 0 Å². The number of carbonyl (C=O) groups is 1. The molecule has 0 atom stereocenters. The van der Waals surface area contributed by atoms with Crippen LogP contribution in [0.15, 0.2) is 41.3 Å². The highest BCUT2D eigenvalue weighted by Crippen LogP contribution is 2.25. The molecule has 0 spiro atoms. The van der Waals surface area contributed by atoms with Crippen molar-refractivity contribution in [2.45, 2.75) is 38.1 Å². The van der Waals surface area contributed by atoms with Crippen molar-refractivity contribution in [2.24, 2.45) is 0 Å². The first-order valence-electron chi connectivity index (χ1n) is 7.80. The molecule has 0 radical (unpaired) electrons. The van der Waals surface area contributed by atoms with E-state index in [4.69, 9.17) is 23.2 Å². The van der Waals surface area contributed by atoms with E-state index < -0.39 is 21.5 Å². The summed E-state index contributed by atoms with van der Waals surface area (Å²) in [5.41, 5.74) is 0.882. The molecule has 0 aliphatic rings. The molecule has 140 valence electrons. The van der Waals surface area contributed by atoms with Crippen molar-refractivity contribution in [3.05, 3.63) is 57.6 Å². The smallest absolute Gasteiger partial charge is 0.255 e. The number of halogens is 2. The monoisotopic (exact) mass is 414 g/mol. The zero-order chi connectivity index (χ0) is 19.7. The van der Waals surface area contributed by atoms with Gasteiger partial charge in [0.15, 0.2) is 0 Å². The van der Waals surface area contributed by atoms with Crippen molar-refractivity contribution in [1.29, 1.82) is 0 Å². The molecule has 2 aromatic carbocycles. The Balaban J connectivity index is 2.35. The lowest BCUT2D eigenvalue weighted by molar-refractivity contribution is 0.102. The van der Waals surface area contributed by atoms with Gasteiger partial charge in [0, 0.05) is 21.8 Å². The topological polar surface area (TPSA) is 75.3 Å². The molecule has 0 aliphatic heterocycles. The van der Waals surface area contributed by atoms with Crippen LogP contribution < -0.4 is 10.0 Å². The summed E-state index contributed by atoms with van der Waals surface area (Å²) in [6.07, 6.45) is 0. The third-order valence-corrected chi connectivity index (χ3v) is 5.83. The summed E-state index contributed by atoms with van der Waals surface area (Å²) in [6.45, 7) is 6.97. The van der Waals surface area contributed by atoms with Crippen LogP contribution in [0.5, 0.6) is 0 Å². The SMILES string of the molecule is Cc1cc(Cl)ccc1NC(=O)c1ccc(Cl)c(S(=O)(=O)NC(C)(C)C)c1. The van der Waals surface area contributed by atoms with E-state index in [1.807, 2.05) is 6.92 Å². The predicted molar refractivity (Wildman–Crippen MR) is 106 cm³/mol. The van der Waals surface area contributed by atoms with Gasteiger partial charge in [-0.25, -0.2) is 13.1 Å². The second-order valence-corrected chi connectivity index (χ2v) is 9.41. The van der Waals surface area contributed by atoms with Gasteiger partial charge in [0.05, 0.1) is 5.02 Å². The van der Waals surface area contributed by atoms with Crippen LogP contribution in [0, 0.1) is 6.92 Å². The van der Waals surface area contributed by atoms with Crippen molar-refractivity contribution in [3.8, 4) is 0 Å². The average molecular weight is 415 g/mol. The quantitative estimate of drug-likeness (QED) is 0.765. The van der Waals surface area contributed by atoms with Crippen molar-refractivity contribution in [2.75, 3.05) is 5.32 Å². The molecule has 0 aromatic heterocycles. The van der Waals surface area contributed by atoms with Gasteiger partial charge in [-0.1, -0.05) is 23.2 Å². The predicted octanol–water partition coefficient (Wildman–Crippen LogP) is 4.63. The third-order valence-electron chi connectivity index (χ3n) is 3.36. The Bertz CT molecular complexity index is 951. The number of aryl methyl sites for hydroxylation is 1. The maximum Gasteiger partial charge on any atom is 0.255 e. The van der Waals surface area contributed by atoms with Gasteiger partial charge >= 0.3 is 0 Å². The Morgan fingerprint density at radius 1 is 1.04 bits per heavy atom. The number of hydrogen-bond acceptors (Lipinski definition) is 3. The van der Waals surface area contributed by atoms with Crippen LogP contribution in [-0.2, 0) is 10.0 Å². The minimum absolute atomic E-state index is 0.0426. The number of rotatable bonds is 4. The Labute approximate surface area is 163 Å². The number of carbonyl (C=O) groups excluding carboxylic acids is 1. The lowest BCUT2D eigenvalue weighted by Gasteiger charge is -2.21. The number of nitrogens with one attached hydrogen (secondary N) is 2. The van der Waals surface area contributed by atoms with Crippen molar-refractivity contribution < 1.29 is 13.2 Å². The van der Waals surface area contributed by atoms with E-state index in [1.54, 1.807) is 39.0 Å². The first-order chi connectivity index (χ1) is 11.9. The summed E-state index contributed by atoms with van der Waals surface area (Å²) in [5, 5.41) is 3.35. The van der Waals surface area contributed by atoms with Gasteiger partial charge in [-0.3, -0.25) is 4.79 Å². The van der Waals surface area contributed by atoms with Gasteiger partial charge in [0.1, 0.15) is 4.90 Å². The molecule has 0 saturated carbocycles. The van der Waals surface area contributed by atoms with E-state index in [1.165, 1.54) is 18.2 Å². The fourth-order valence-electron chi connectivity index (χ4n) is 2.27. The molecule has 2 aromatic rings. The molecule has 0 aliphatic carbocycles. The average Bonchev–Trinajstić information content (AvgIpc) is 2.47. The van der Waals surface area contributed by atoms with Crippen LogP contribution >= 0.6 is 23.2 Å². The summed E-state index contributed by atoms with van der Waals surface area (Å²) < 4.78 is 27.6. The molecular weight excluding hydrogens is 395 g/mol. The largest absolute Gasteiger partial charge is 0.322 e. The standard InChI is InChI=1S/C18H20Cl2N2O3S/c1-11-9-13(19)6-8-15(11)21-17(23)12-5-7-14(20)16(10-12)26(24,25)22-18(2,3)4/h5-10,22H,1-4H3,(H,21,23). The minimum atomic E-state index is -3.87. The second-order valence-electron chi connectivity index (χ2n) is 6.91. The summed E-state index contributed by atoms with van der Waals surface area (Å²) >= 11 is 12.0. The maximum atomic E-state index is 12.6. The fraction of sp³-hybridized carbons (Fsp3) is 0.278. The first kappa shape index (κ1) is 20.7. The summed E-state index contributed by atoms with van der Waals surface area (Å²) in [7, 11) is -3.87. The van der Waals surface area contributed by atoms with Crippen LogP contribution in [0.3, 0.4) is 0 Å². The molecule has 8 heteroatoms. The first-order valence-corrected chi connectivity index (χ1v) is 10.0. The molecule has 2 rings (SSSR count). The molecule has 0 saturated heterocycles. The Hall–Kier alpha value is -1.60. The summed E-state index contributed by atoms with van der Waals surface area (Å²) in [6, 6.07) is 9.19. The van der Waals surface area contributed by atoms with Crippen LogP contribution in [0.2, 0.25) is 10.0 Å². The van der Waals surface area contributed by atoms with Crippen LogP contribution in [0.25, 0.3) is 0 Å². The number of sulfonamides is 1. The van der Waals surface area contributed by atoms with E-state index >= 15 is 0 Å². The lowest BCUT2D eigenvalue weighted by Crippen LogP contribution is -2.40. The molecule has 0 heterocycles. The Morgan fingerprint density at radius 3 is 2.27 bits per heavy atom. The van der Waals surface area contributed by atoms with E-state index in [9.17, 15) is 13.2 Å². The van der Waals surface area contributed by atoms with Crippen molar-refractivity contribution in [3.63, 3.8) is 0 Å². The van der Waals surface area contributed by atoms with Crippen molar-refractivity contribution >= 4 is 44.8 Å². The summed E-state index contributed by atoms with van der Waals surface area (Å²) in [5.74, 6) is -0.445. The van der Waals surface area contributed by atoms with Gasteiger partial charge in [-0.15, -0.1) is 0 Å². The minimum Gasteiger partial charge on any atom is -0.322 e. The number of anilines is 1. The highest BCUT2D eigenvalue weighted by molar-refractivity contribution is 7.89. The normalized spacial score (nSPS) is 12.1. The molecular formula is C18H20Cl2N2O3S. The van der Waals surface area contributed by atoms with Crippen molar-refractivity contribution in [1.82, 2.24) is 4.72 Å². The van der Waals surface area contributed by atoms with Gasteiger partial charge in [-0.05, 0) is 69.7 Å². The van der Waals surface area contributed by atoms with E-state index in [-0.39, 0.29) is 15.5 Å². The Kier molecular flexibility index (Phi) is 6.02. The Morgan fingerprint density at radius 2 is 1.69 bits per heavy atom. The summed E-state index contributed by atoms with van der Waals surface area (Å²) in [4.78, 5) is 12.4. The third kappa shape index (κ3) is 5.20. The molecule has 0 fully saturated rings. The zero-order valence-electron chi connectivity index (χ0n) is 14.9. The highest BCUT2D eigenvalue weighted by Gasteiger charge is 2.25. The molecule has 0 bridgehead atoms. The van der Waals surface area contributed by atoms with Gasteiger partial charge in [0.2, 0.25) is 10.0 Å². The molecule has 5 nitrogen and oxygen atoms in total. The fourth-order valence-corrected chi connectivity index (χ4v) is 4.44. The van der Waals surface area contributed by atoms with Gasteiger partial charge < -0.3 is 5.32 Å². The number of hydrogen-bond donors (Lipinski definition) is 2. The second kappa shape index (κ2) is 7.56. The van der Waals surface area contributed by atoms with Crippen LogP contribution in [0.1, 0.15) is 36.7 Å². The van der Waals surface area contributed by atoms with Gasteiger partial charge in [0.25, 0.3) is 5.91 Å². The number of benzene rings is 2.